The number of nitrogens with zero attached hydrogens (tertiary/aromatic N) is 4. The molecule has 3 aromatic rings. The number of aromatic nitrogens is 2. The fourth-order valence-electron chi connectivity index (χ4n) is 4.53. The van der Waals surface area contributed by atoms with E-state index in [0.717, 1.165) is 62.9 Å². The highest BCUT2D eigenvalue weighted by molar-refractivity contribution is 14.0. The molecule has 2 heterocycles. The van der Waals surface area contributed by atoms with Crippen LogP contribution in [-0.4, -0.2) is 64.3 Å². The zero-order valence-electron chi connectivity index (χ0n) is 20.2. The van der Waals surface area contributed by atoms with E-state index in [1.54, 1.807) is 0 Å². The van der Waals surface area contributed by atoms with E-state index in [4.69, 9.17) is 0 Å². The van der Waals surface area contributed by atoms with Crippen LogP contribution in [0.1, 0.15) is 30.3 Å². The highest BCUT2D eigenvalue weighted by Gasteiger charge is 2.18. The number of aliphatic hydroxyl groups is 1. The second kappa shape index (κ2) is 13.1. The Balaban J connectivity index is 0.00000324. The molecule has 2 aromatic carbocycles. The van der Waals surface area contributed by atoms with Crippen LogP contribution in [0.2, 0.25) is 0 Å². The van der Waals surface area contributed by atoms with Gasteiger partial charge in [-0.05, 0) is 49.9 Å². The lowest BCUT2D eigenvalue weighted by molar-refractivity contribution is 0.111. The van der Waals surface area contributed by atoms with Crippen molar-refractivity contribution in [2.24, 2.45) is 4.99 Å². The Morgan fingerprint density at radius 2 is 1.88 bits per heavy atom. The number of nitrogens with one attached hydrogen (secondary N) is 2. The number of fused-ring (bicyclic) bond motifs is 2. The van der Waals surface area contributed by atoms with Crippen molar-refractivity contribution in [3.05, 3.63) is 65.5 Å². The van der Waals surface area contributed by atoms with E-state index < -0.39 is 6.10 Å². The average molecular weight is 577 g/mol. The Kier molecular flexibility index (Phi) is 10.2. The molecule has 0 spiro atoms. The van der Waals surface area contributed by atoms with Crippen LogP contribution in [0.25, 0.3) is 11.0 Å². The Morgan fingerprint density at radius 3 is 2.71 bits per heavy atom. The third kappa shape index (κ3) is 6.93. The van der Waals surface area contributed by atoms with Crippen molar-refractivity contribution >= 4 is 41.0 Å². The summed E-state index contributed by atoms with van der Waals surface area (Å²) in [4.78, 5) is 11.6. The number of hydrogen-bond acceptors (Lipinski definition) is 4. The first-order chi connectivity index (χ1) is 16.1. The maximum absolute atomic E-state index is 10.6. The monoisotopic (exact) mass is 576 g/mol. The molecule has 4 rings (SSSR count). The summed E-state index contributed by atoms with van der Waals surface area (Å²) in [6, 6.07) is 16.9. The first-order valence-electron chi connectivity index (χ1n) is 12.0. The normalized spacial score (nSPS) is 15.0. The molecule has 3 N–H and O–H groups in total. The standard InChI is InChI=1S/C26H36N6O.HI/c1-3-27-26(28-14-8-15-32-20(2)30-24-11-6-7-12-25(24)32)29-17-23(33)19-31-16-13-21-9-4-5-10-22(21)18-31;/h4-7,9-12,23,33H,3,8,13-19H2,1-2H3,(H2,27,28,29);1H. The highest BCUT2D eigenvalue weighted by atomic mass is 127. The van der Waals surface area contributed by atoms with Gasteiger partial charge in [0, 0.05) is 39.3 Å². The lowest BCUT2D eigenvalue weighted by Crippen LogP contribution is -2.40. The topological polar surface area (TPSA) is 77.7 Å². The molecule has 1 aromatic heterocycles. The quantitative estimate of drug-likeness (QED) is 0.158. The van der Waals surface area contributed by atoms with E-state index in [-0.39, 0.29) is 24.0 Å². The van der Waals surface area contributed by atoms with Crippen LogP contribution in [0.3, 0.4) is 0 Å². The SMILES string of the molecule is CCNC(=NCC(O)CN1CCc2ccccc2C1)NCCCn1c(C)nc2ccccc21.I. The molecule has 1 aliphatic rings. The number of hydrogen-bond donors (Lipinski definition) is 3. The van der Waals surface area contributed by atoms with E-state index in [2.05, 4.69) is 86.4 Å². The van der Waals surface area contributed by atoms with Gasteiger partial charge in [0.25, 0.3) is 0 Å². The fraction of sp³-hybridized carbons (Fsp3) is 0.462. The van der Waals surface area contributed by atoms with Gasteiger partial charge in [0.1, 0.15) is 5.82 Å². The minimum atomic E-state index is -0.481. The van der Waals surface area contributed by atoms with Crippen molar-refractivity contribution in [3.8, 4) is 0 Å². The third-order valence-corrected chi connectivity index (χ3v) is 6.18. The van der Waals surface area contributed by atoms with Gasteiger partial charge in [-0.15, -0.1) is 24.0 Å². The van der Waals surface area contributed by atoms with Gasteiger partial charge in [-0.1, -0.05) is 36.4 Å². The van der Waals surface area contributed by atoms with Gasteiger partial charge in [0.2, 0.25) is 0 Å². The van der Waals surface area contributed by atoms with Crippen molar-refractivity contribution in [2.45, 2.75) is 45.9 Å². The number of rotatable bonds is 9. The van der Waals surface area contributed by atoms with Crippen molar-refractivity contribution < 1.29 is 5.11 Å². The zero-order chi connectivity index (χ0) is 23.0. The van der Waals surface area contributed by atoms with E-state index in [0.29, 0.717) is 13.1 Å². The number of β-amino-alcohol motifs (C(OH)–C–C–N with tert-alkyl or cyclic N) is 1. The molecule has 0 saturated heterocycles. The van der Waals surface area contributed by atoms with Gasteiger partial charge in [-0.3, -0.25) is 9.89 Å². The molecule has 8 heteroatoms. The summed E-state index contributed by atoms with van der Waals surface area (Å²) in [5.41, 5.74) is 5.03. The van der Waals surface area contributed by atoms with Crippen LogP contribution in [0.15, 0.2) is 53.5 Å². The van der Waals surface area contributed by atoms with Gasteiger partial charge in [0.05, 0.1) is 23.7 Å². The Morgan fingerprint density at radius 1 is 1.12 bits per heavy atom. The third-order valence-electron chi connectivity index (χ3n) is 6.18. The molecule has 0 aliphatic carbocycles. The number of imidazole rings is 1. The highest BCUT2D eigenvalue weighted by Crippen LogP contribution is 2.18. The van der Waals surface area contributed by atoms with Crippen LogP contribution in [-0.2, 0) is 19.5 Å². The molecule has 0 bridgehead atoms. The van der Waals surface area contributed by atoms with Gasteiger partial charge >= 0.3 is 0 Å². The smallest absolute Gasteiger partial charge is 0.191 e. The van der Waals surface area contributed by atoms with Crippen molar-refractivity contribution in [3.63, 3.8) is 0 Å². The first kappa shape index (κ1) is 26.4. The molecule has 1 aliphatic heterocycles. The molecule has 0 fully saturated rings. The molecular formula is C26H37IN6O. The summed E-state index contributed by atoms with van der Waals surface area (Å²) in [5.74, 6) is 1.80. The Hall–Kier alpha value is -2.17. The minimum Gasteiger partial charge on any atom is -0.390 e. The van der Waals surface area contributed by atoms with Crippen molar-refractivity contribution in [1.29, 1.82) is 0 Å². The molecule has 0 amide bonds. The lowest BCUT2D eigenvalue weighted by atomic mass is 10.00. The molecular weight excluding hydrogens is 539 g/mol. The summed E-state index contributed by atoms with van der Waals surface area (Å²) in [6.45, 7) is 9.52. The molecule has 184 valence electrons. The van der Waals surface area contributed by atoms with Crippen LogP contribution in [0.4, 0.5) is 0 Å². The molecule has 0 radical (unpaired) electrons. The van der Waals surface area contributed by atoms with Gasteiger partial charge in [-0.25, -0.2) is 4.98 Å². The lowest BCUT2D eigenvalue weighted by Gasteiger charge is -2.30. The van der Waals surface area contributed by atoms with E-state index in [1.807, 2.05) is 6.07 Å². The van der Waals surface area contributed by atoms with Crippen molar-refractivity contribution in [1.82, 2.24) is 25.1 Å². The van der Waals surface area contributed by atoms with Gasteiger partial charge in [-0.2, -0.15) is 0 Å². The minimum absolute atomic E-state index is 0. The van der Waals surface area contributed by atoms with E-state index >= 15 is 0 Å². The number of halogens is 1. The predicted octanol–water partition coefficient (Wildman–Crippen LogP) is 3.33. The average Bonchev–Trinajstić information content (AvgIpc) is 3.15. The Labute approximate surface area is 219 Å². The molecule has 34 heavy (non-hydrogen) atoms. The number of aliphatic imine (C=N–C) groups is 1. The zero-order valence-corrected chi connectivity index (χ0v) is 22.5. The fourth-order valence-corrected chi connectivity index (χ4v) is 4.53. The second-order valence-electron chi connectivity index (χ2n) is 8.71. The summed E-state index contributed by atoms with van der Waals surface area (Å²) in [7, 11) is 0. The van der Waals surface area contributed by atoms with E-state index in [9.17, 15) is 5.11 Å². The molecule has 1 atom stereocenters. The van der Waals surface area contributed by atoms with Crippen molar-refractivity contribution in [2.75, 3.05) is 32.7 Å². The molecule has 7 nitrogen and oxygen atoms in total. The summed E-state index contributed by atoms with van der Waals surface area (Å²) in [6.07, 6.45) is 1.52. The van der Waals surface area contributed by atoms with Crippen LogP contribution < -0.4 is 10.6 Å². The maximum Gasteiger partial charge on any atom is 0.191 e. The summed E-state index contributed by atoms with van der Waals surface area (Å²) in [5, 5.41) is 17.3. The number of aliphatic hydroxyl groups excluding tert-OH is 1. The van der Waals surface area contributed by atoms with Gasteiger partial charge in [0.15, 0.2) is 5.96 Å². The number of aryl methyl sites for hydroxylation is 2. The number of guanidine groups is 1. The second-order valence-corrected chi connectivity index (χ2v) is 8.71. The van der Waals surface area contributed by atoms with Crippen LogP contribution in [0, 0.1) is 6.92 Å². The van der Waals surface area contributed by atoms with Gasteiger partial charge < -0.3 is 20.3 Å². The number of benzene rings is 2. The largest absolute Gasteiger partial charge is 0.390 e. The number of para-hydroxylation sites is 2. The van der Waals surface area contributed by atoms with E-state index in [1.165, 1.54) is 16.6 Å². The maximum atomic E-state index is 10.6. The molecule has 0 saturated carbocycles. The van der Waals surface area contributed by atoms with Crippen LogP contribution >= 0.6 is 24.0 Å². The molecule has 1 unspecified atom stereocenters. The van der Waals surface area contributed by atoms with Crippen LogP contribution in [0.5, 0.6) is 0 Å². The predicted molar refractivity (Wildman–Crippen MR) is 150 cm³/mol. The summed E-state index contributed by atoms with van der Waals surface area (Å²) < 4.78 is 2.27. The first-order valence-corrected chi connectivity index (χ1v) is 12.0. The Bertz CT molecular complexity index is 1080. The summed E-state index contributed by atoms with van der Waals surface area (Å²) >= 11 is 0.